The predicted molar refractivity (Wildman–Crippen MR) is 45.2 cm³/mol. The summed E-state index contributed by atoms with van der Waals surface area (Å²) in [6, 6.07) is 0. The van der Waals surface area contributed by atoms with Gasteiger partial charge in [-0.2, -0.15) is 0 Å². The Morgan fingerprint density at radius 1 is 1.67 bits per heavy atom. The molecule has 1 heterocycles. The van der Waals surface area contributed by atoms with E-state index in [0.717, 1.165) is 0 Å². The normalized spacial score (nSPS) is 15.8. The highest BCUT2D eigenvalue weighted by Crippen LogP contribution is 1.91. The minimum Gasteiger partial charge on any atom is -0.461 e. The molecule has 0 saturated carbocycles. The van der Waals surface area contributed by atoms with E-state index in [9.17, 15) is 4.79 Å². The molecule has 66 valence electrons. The zero-order valence-electron chi connectivity index (χ0n) is 7.13. The number of hydrogen-bond donors (Lipinski definition) is 1. The highest BCUT2D eigenvalue weighted by atomic mass is 16.5. The number of nitrogens with zero attached hydrogens (tertiary/aromatic N) is 2. The molecule has 0 saturated heterocycles. The van der Waals surface area contributed by atoms with Crippen LogP contribution in [-0.2, 0) is 9.53 Å². The van der Waals surface area contributed by atoms with Crippen LogP contribution in [0.5, 0.6) is 0 Å². The molecule has 1 aliphatic heterocycles. The van der Waals surface area contributed by atoms with Crippen molar-refractivity contribution in [2.45, 2.75) is 13.8 Å². The van der Waals surface area contributed by atoms with Crippen LogP contribution in [0.15, 0.2) is 10.2 Å². The van der Waals surface area contributed by atoms with Crippen molar-refractivity contribution < 1.29 is 9.53 Å². The maximum absolute atomic E-state index is 11.0. The second kappa shape index (κ2) is 3.85. The second-order valence-corrected chi connectivity index (χ2v) is 2.31. The van der Waals surface area contributed by atoms with E-state index in [2.05, 4.69) is 15.5 Å². The van der Waals surface area contributed by atoms with Gasteiger partial charge >= 0.3 is 5.97 Å². The molecule has 0 aromatic heterocycles. The SMILES string of the molecule is CCOC(=O)C1=NN=C(C)NC1. The van der Waals surface area contributed by atoms with Crippen LogP contribution < -0.4 is 5.32 Å². The Kier molecular flexibility index (Phi) is 2.79. The largest absolute Gasteiger partial charge is 0.461 e. The van der Waals surface area contributed by atoms with Crippen LogP contribution in [0, 0.1) is 0 Å². The molecule has 1 aliphatic rings. The van der Waals surface area contributed by atoms with Gasteiger partial charge in [-0.25, -0.2) is 4.79 Å². The molecule has 5 nitrogen and oxygen atoms in total. The van der Waals surface area contributed by atoms with Crippen LogP contribution in [0.2, 0.25) is 0 Å². The molecule has 0 atom stereocenters. The number of carbonyl (C=O) groups is 1. The Labute approximate surface area is 70.5 Å². The van der Waals surface area contributed by atoms with E-state index in [1.54, 1.807) is 13.8 Å². The van der Waals surface area contributed by atoms with Crippen LogP contribution in [0.1, 0.15) is 13.8 Å². The van der Waals surface area contributed by atoms with Gasteiger partial charge in [0.05, 0.1) is 13.2 Å². The molecule has 0 unspecified atom stereocenters. The molecule has 0 spiro atoms. The third-order valence-corrected chi connectivity index (χ3v) is 1.34. The van der Waals surface area contributed by atoms with Crippen LogP contribution in [0.4, 0.5) is 0 Å². The average molecular weight is 169 g/mol. The Balaban J connectivity index is 2.59. The van der Waals surface area contributed by atoms with E-state index >= 15 is 0 Å². The lowest BCUT2D eigenvalue weighted by molar-refractivity contribution is -0.135. The Morgan fingerprint density at radius 2 is 2.42 bits per heavy atom. The smallest absolute Gasteiger partial charge is 0.356 e. The molecule has 0 aromatic carbocycles. The molecule has 12 heavy (non-hydrogen) atoms. The Morgan fingerprint density at radius 3 is 2.92 bits per heavy atom. The maximum Gasteiger partial charge on any atom is 0.356 e. The molecule has 0 bridgehead atoms. The van der Waals surface area contributed by atoms with Gasteiger partial charge in [0, 0.05) is 0 Å². The van der Waals surface area contributed by atoms with Gasteiger partial charge in [0.2, 0.25) is 0 Å². The zero-order chi connectivity index (χ0) is 8.97. The molecule has 0 aliphatic carbocycles. The van der Waals surface area contributed by atoms with Gasteiger partial charge < -0.3 is 10.1 Å². The highest BCUT2D eigenvalue weighted by molar-refractivity contribution is 6.38. The minimum absolute atomic E-state index is 0.322. The third-order valence-electron chi connectivity index (χ3n) is 1.34. The Bertz CT molecular complexity index is 245. The van der Waals surface area contributed by atoms with Gasteiger partial charge in [0.1, 0.15) is 5.84 Å². The third kappa shape index (κ3) is 2.05. The number of ether oxygens (including phenoxy) is 1. The van der Waals surface area contributed by atoms with E-state index in [1.807, 2.05) is 0 Å². The highest BCUT2D eigenvalue weighted by Gasteiger charge is 2.14. The summed E-state index contributed by atoms with van der Waals surface area (Å²) in [5, 5.41) is 10.3. The molecule has 0 aromatic rings. The standard InChI is InChI=1S/C7H11N3O2/c1-3-12-7(11)6-4-8-5(2)9-10-6/h3-4H2,1-2H3,(H,8,9). The number of hydrogen-bond acceptors (Lipinski definition) is 5. The summed E-state index contributed by atoms with van der Waals surface area (Å²) >= 11 is 0. The molecular formula is C7H11N3O2. The van der Waals surface area contributed by atoms with E-state index in [1.165, 1.54) is 0 Å². The minimum atomic E-state index is -0.402. The summed E-state index contributed by atoms with van der Waals surface area (Å²) in [5.41, 5.74) is 0.322. The number of amidine groups is 1. The van der Waals surface area contributed by atoms with Crippen LogP contribution in [0.25, 0.3) is 0 Å². The number of rotatable bonds is 2. The number of carbonyl (C=O) groups excluding carboxylic acids is 1. The van der Waals surface area contributed by atoms with Crippen molar-refractivity contribution in [3.63, 3.8) is 0 Å². The van der Waals surface area contributed by atoms with Crippen LogP contribution in [-0.4, -0.2) is 30.7 Å². The molecule has 1 rings (SSSR count). The van der Waals surface area contributed by atoms with Gasteiger partial charge in [-0.15, -0.1) is 10.2 Å². The van der Waals surface area contributed by atoms with Crippen molar-refractivity contribution >= 4 is 17.5 Å². The Hall–Kier alpha value is -1.39. The number of esters is 1. The first kappa shape index (κ1) is 8.70. The van der Waals surface area contributed by atoms with Crippen molar-refractivity contribution in [1.29, 1.82) is 0 Å². The lowest BCUT2D eigenvalue weighted by Crippen LogP contribution is -2.35. The monoisotopic (exact) mass is 169 g/mol. The number of nitrogens with one attached hydrogen (secondary N) is 1. The van der Waals surface area contributed by atoms with Crippen LogP contribution >= 0.6 is 0 Å². The van der Waals surface area contributed by atoms with Gasteiger partial charge in [-0.05, 0) is 13.8 Å². The van der Waals surface area contributed by atoms with Crippen molar-refractivity contribution in [2.75, 3.05) is 13.2 Å². The van der Waals surface area contributed by atoms with Crippen molar-refractivity contribution in [2.24, 2.45) is 10.2 Å². The van der Waals surface area contributed by atoms with Gasteiger partial charge in [-0.1, -0.05) is 0 Å². The summed E-state index contributed by atoms with van der Waals surface area (Å²) in [6.07, 6.45) is 0. The van der Waals surface area contributed by atoms with Crippen molar-refractivity contribution in [3.05, 3.63) is 0 Å². The summed E-state index contributed by atoms with van der Waals surface area (Å²) in [6.45, 7) is 4.30. The first-order valence-electron chi connectivity index (χ1n) is 3.76. The summed E-state index contributed by atoms with van der Waals surface area (Å²) < 4.78 is 4.74. The van der Waals surface area contributed by atoms with Crippen molar-refractivity contribution in [3.8, 4) is 0 Å². The van der Waals surface area contributed by atoms with Gasteiger partial charge in [0.25, 0.3) is 0 Å². The molecular weight excluding hydrogens is 158 g/mol. The predicted octanol–water partition coefficient (Wildman–Crippen LogP) is -0.0729. The van der Waals surface area contributed by atoms with E-state index < -0.39 is 5.97 Å². The van der Waals surface area contributed by atoms with E-state index in [4.69, 9.17) is 4.74 Å². The summed E-state index contributed by atoms with van der Waals surface area (Å²) in [5.74, 6) is 0.310. The maximum atomic E-state index is 11.0. The molecule has 0 amide bonds. The van der Waals surface area contributed by atoms with Gasteiger partial charge in [0.15, 0.2) is 5.71 Å². The molecule has 0 fully saturated rings. The van der Waals surface area contributed by atoms with E-state index in [0.29, 0.717) is 24.7 Å². The summed E-state index contributed by atoms with van der Waals surface area (Å²) in [4.78, 5) is 11.0. The fourth-order valence-corrected chi connectivity index (χ4v) is 0.745. The summed E-state index contributed by atoms with van der Waals surface area (Å²) in [7, 11) is 0. The fourth-order valence-electron chi connectivity index (χ4n) is 0.745. The average Bonchev–Trinajstić information content (AvgIpc) is 2.06. The lowest BCUT2D eigenvalue weighted by Gasteiger charge is -2.10. The van der Waals surface area contributed by atoms with Crippen molar-refractivity contribution in [1.82, 2.24) is 5.32 Å². The first-order valence-corrected chi connectivity index (χ1v) is 3.76. The topological polar surface area (TPSA) is 63.0 Å². The van der Waals surface area contributed by atoms with Gasteiger partial charge in [-0.3, -0.25) is 0 Å². The molecule has 1 N–H and O–H groups in total. The molecule has 0 radical (unpaired) electrons. The quantitative estimate of drug-likeness (QED) is 0.588. The van der Waals surface area contributed by atoms with Crippen LogP contribution in [0.3, 0.4) is 0 Å². The molecule has 5 heteroatoms. The van der Waals surface area contributed by atoms with E-state index in [-0.39, 0.29) is 0 Å². The fraction of sp³-hybridized carbons (Fsp3) is 0.571. The lowest BCUT2D eigenvalue weighted by atomic mass is 10.3. The first-order chi connectivity index (χ1) is 5.74. The zero-order valence-corrected chi connectivity index (χ0v) is 7.13. The second-order valence-electron chi connectivity index (χ2n) is 2.31.